The summed E-state index contributed by atoms with van der Waals surface area (Å²) in [5.41, 5.74) is 0.921. The van der Waals surface area contributed by atoms with E-state index in [1.54, 1.807) is 17.8 Å². The monoisotopic (exact) mass is 361 g/mol. The molecule has 0 spiro atoms. The average Bonchev–Trinajstić information content (AvgIpc) is 2.62. The number of hydrogen-bond acceptors (Lipinski definition) is 4. The topological polar surface area (TPSA) is 55.4 Å². The van der Waals surface area contributed by atoms with Gasteiger partial charge in [0.1, 0.15) is 0 Å². The molecule has 1 N–H and O–H groups in total. The number of carbonyl (C=O) groups excluding carboxylic acids is 2. The van der Waals surface area contributed by atoms with Gasteiger partial charge in [0.25, 0.3) is 5.91 Å². The van der Waals surface area contributed by atoms with E-state index in [0.29, 0.717) is 11.8 Å². The molecular weight excluding hydrogens is 334 g/mol. The lowest BCUT2D eigenvalue weighted by molar-refractivity contribution is -0.144. The summed E-state index contributed by atoms with van der Waals surface area (Å²) >= 11 is 1.67. The van der Waals surface area contributed by atoms with Gasteiger partial charge in [0.2, 0.25) is 0 Å². The first kappa shape index (κ1) is 19.6. The van der Waals surface area contributed by atoms with Crippen molar-refractivity contribution >= 4 is 29.7 Å². The summed E-state index contributed by atoms with van der Waals surface area (Å²) in [5, 5.41) is 3.00. The summed E-state index contributed by atoms with van der Waals surface area (Å²) in [6, 6.07) is 8.05. The predicted molar refractivity (Wildman–Crippen MR) is 102 cm³/mol. The Bertz CT molecular complexity index is 612. The van der Waals surface area contributed by atoms with Gasteiger partial charge in [-0.3, -0.25) is 4.79 Å². The molecule has 1 aromatic carbocycles. The Morgan fingerprint density at radius 2 is 1.96 bits per heavy atom. The van der Waals surface area contributed by atoms with E-state index in [0.717, 1.165) is 18.4 Å². The Morgan fingerprint density at radius 3 is 2.64 bits per heavy atom. The fourth-order valence-corrected chi connectivity index (χ4v) is 3.51. The largest absolute Gasteiger partial charge is 0.452 e. The number of ether oxygens (including phenoxy) is 1. The highest BCUT2D eigenvalue weighted by Crippen LogP contribution is 2.29. The summed E-state index contributed by atoms with van der Waals surface area (Å²) < 4.78 is 5.03. The van der Waals surface area contributed by atoms with Crippen LogP contribution in [-0.2, 0) is 14.3 Å². The van der Waals surface area contributed by atoms with Crippen LogP contribution in [0.3, 0.4) is 0 Å². The van der Waals surface area contributed by atoms with Crippen molar-refractivity contribution in [1.82, 2.24) is 5.32 Å². The van der Waals surface area contributed by atoms with Crippen LogP contribution in [-0.4, -0.2) is 30.8 Å². The van der Waals surface area contributed by atoms with E-state index in [1.165, 1.54) is 17.4 Å². The SMILES string of the molecule is CSc1ccc(/C=C/C(=O)OCC(=O)N[C@@H]2CCC[C@@H](C)[C@@H]2C)cc1. The number of amides is 1. The molecule has 0 aliphatic heterocycles. The van der Waals surface area contributed by atoms with Crippen LogP contribution in [0.4, 0.5) is 0 Å². The fraction of sp³-hybridized carbons (Fsp3) is 0.500. The second-order valence-corrected chi connectivity index (χ2v) is 7.54. The van der Waals surface area contributed by atoms with Crippen molar-refractivity contribution in [3.05, 3.63) is 35.9 Å². The van der Waals surface area contributed by atoms with Gasteiger partial charge in [-0.1, -0.05) is 38.8 Å². The highest BCUT2D eigenvalue weighted by atomic mass is 32.2. The minimum Gasteiger partial charge on any atom is -0.452 e. The van der Waals surface area contributed by atoms with E-state index in [2.05, 4.69) is 19.2 Å². The zero-order chi connectivity index (χ0) is 18.2. The highest BCUT2D eigenvalue weighted by molar-refractivity contribution is 7.98. The van der Waals surface area contributed by atoms with Crippen molar-refractivity contribution in [3.63, 3.8) is 0 Å². The Kier molecular flexibility index (Phi) is 7.56. The summed E-state index contributed by atoms with van der Waals surface area (Å²) in [4.78, 5) is 24.9. The summed E-state index contributed by atoms with van der Waals surface area (Å²) in [7, 11) is 0. The third kappa shape index (κ3) is 6.24. The summed E-state index contributed by atoms with van der Waals surface area (Å²) in [6.45, 7) is 4.16. The van der Waals surface area contributed by atoms with Crippen molar-refractivity contribution in [2.45, 2.75) is 44.0 Å². The van der Waals surface area contributed by atoms with Crippen molar-refractivity contribution in [3.8, 4) is 0 Å². The van der Waals surface area contributed by atoms with Crippen LogP contribution in [0.5, 0.6) is 0 Å². The Labute approximate surface area is 154 Å². The van der Waals surface area contributed by atoms with E-state index in [9.17, 15) is 9.59 Å². The zero-order valence-corrected chi connectivity index (χ0v) is 16.0. The van der Waals surface area contributed by atoms with Gasteiger partial charge >= 0.3 is 5.97 Å². The predicted octanol–water partition coefficient (Wildman–Crippen LogP) is 3.91. The molecule has 3 atom stereocenters. The van der Waals surface area contributed by atoms with Crippen LogP contribution in [0.15, 0.2) is 35.2 Å². The normalized spacial score (nSPS) is 23.4. The van der Waals surface area contributed by atoms with Crippen LogP contribution in [0, 0.1) is 11.8 Å². The fourth-order valence-electron chi connectivity index (χ4n) is 3.10. The maximum absolute atomic E-state index is 12.0. The zero-order valence-electron chi connectivity index (χ0n) is 15.2. The molecule has 1 saturated carbocycles. The quantitative estimate of drug-likeness (QED) is 0.474. The molecule has 1 aliphatic rings. The third-order valence-electron chi connectivity index (χ3n) is 4.93. The first-order valence-electron chi connectivity index (χ1n) is 8.78. The van der Waals surface area contributed by atoms with E-state index in [-0.39, 0.29) is 18.6 Å². The minimum absolute atomic E-state index is 0.181. The number of hydrogen-bond donors (Lipinski definition) is 1. The Morgan fingerprint density at radius 1 is 1.24 bits per heavy atom. The van der Waals surface area contributed by atoms with Gasteiger partial charge in [-0.05, 0) is 48.3 Å². The molecule has 0 heterocycles. The summed E-state index contributed by atoms with van der Waals surface area (Å²) in [6.07, 6.45) is 8.40. The highest BCUT2D eigenvalue weighted by Gasteiger charge is 2.28. The number of carbonyl (C=O) groups is 2. The number of thioether (sulfide) groups is 1. The van der Waals surface area contributed by atoms with Crippen molar-refractivity contribution in [2.24, 2.45) is 11.8 Å². The molecular formula is C20H27NO3S. The average molecular weight is 362 g/mol. The second kappa shape index (κ2) is 9.66. The lowest BCUT2D eigenvalue weighted by Gasteiger charge is -2.34. The van der Waals surface area contributed by atoms with Crippen LogP contribution in [0.1, 0.15) is 38.7 Å². The summed E-state index contributed by atoms with van der Waals surface area (Å²) in [5.74, 6) is 0.339. The Hall–Kier alpha value is -1.75. The number of nitrogens with one attached hydrogen (secondary N) is 1. The van der Waals surface area contributed by atoms with Crippen molar-refractivity contribution in [1.29, 1.82) is 0 Å². The molecule has 0 saturated heterocycles. The molecule has 0 bridgehead atoms. The number of esters is 1. The maximum Gasteiger partial charge on any atom is 0.331 e. The van der Waals surface area contributed by atoms with Gasteiger partial charge in [0.15, 0.2) is 6.61 Å². The smallest absolute Gasteiger partial charge is 0.331 e. The van der Waals surface area contributed by atoms with E-state index >= 15 is 0 Å². The van der Waals surface area contributed by atoms with Gasteiger partial charge in [0, 0.05) is 17.0 Å². The van der Waals surface area contributed by atoms with Crippen LogP contribution >= 0.6 is 11.8 Å². The Balaban J connectivity index is 1.75. The van der Waals surface area contributed by atoms with E-state index in [4.69, 9.17) is 4.74 Å². The van der Waals surface area contributed by atoms with Crippen molar-refractivity contribution in [2.75, 3.05) is 12.9 Å². The van der Waals surface area contributed by atoms with Crippen molar-refractivity contribution < 1.29 is 14.3 Å². The molecule has 1 amide bonds. The van der Waals surface area contributed by atoms with E-state index in [1.807, 2.05) is 30.5 Å². The van der Waals surface area contributed by atoms with Gasteiger partial charge in [0.05, 0.1) is 0 Å². The molecule has 136 valence electrons. The second-order valence-electron chi connectivity index (χ2n) is 6.66. The molecule has 0 aromatic heterocycles. The third-order valence-corrected chi connectivity index (χ3v) is 5.67. The molecule has 5 heteroatoms. The number of rotatable bonds is 6. The van der Waals surface area contributed by atoms with Crippen LogP contribution in [0.25, 0.3) is 6.08 Å². The molecule has 1 fully saturated rings. The lowest BCUT2D eigenvalue weighted by Crippen LogP contribution is -2.45. The molecule has 25 heavy (non-hydrogen) atoms. The van der Waals surface area contributed by atoms with Gasteiger partial charge in [-0.15, -0.1) is 11.8 Å². The number of benzene rings is 1. The standard InChI is InChI=1S/C20H27NO3S/c1-14-5-4-6-18(15(14)2)21-19(22)13-24-20(23)12-9-16-7-10-17(25-3)11-8-16/h7-12,14-15,18H,4-6,13H2,1-3H3,(H,21,22)/b12-9+/t14-,15+,18-/m1/s1. The lowest BCUT2D eigenvalue weighted by atomic mass is 9.78. The molecule has 0 radical (unpaired) electrons. The first-order chi connectivity index (χ1) is 12.0. The van der Waals surface area contributed by atoms with Gasteiger partial charge < -0.3 is 10.1 Å². The molecule has 0 unspecified atom stereocenters. The van der Waals surface area contributed by atoms with Gasteiger partial charge in [-0.25, -0.2) is 4.79 Å². The molecule has 1 aromatic rings. The van der Waals surface area contributed by atoms with E-state index < -0.39 is 5.97 Å². The van der Waals surface area contributed by atoms with Crippen LogP contribution < -0.4 is 5.32 Å². The van der Waals surface area contributed by atoms with Crippen LogP contribution in [0.2, 0.25) is 0 Å². The minimum atomic E-state index is -0.505. The first-order valence-corrected chi connectivity index (χ1v) is 10.0. The molecule has 1 aliphatic carbocycles. The molecule has 2 rings (SSSR count). The molecule has 4 nitrogen and oxygen atoms in total. The van der Waals surface area contributed by atoms with Gasteiger partial charge in [-0.2, -0.15) is 0 Å². The maximum atomic E-state index is 12.0.